The Morgan fingerprint density at radius 2 is 2.17 bits per heavy atom. The van der Waals surface area contributed by atoms with Crippen LogP contribution in [0.3, 0.4) is 0 Å². The zero-order valence-electron chi connectivity index (χ0n) is 10.2. The Bertz CT molecular complexity index is 462. The molecule has 0 saturated heterocycles. The van der Waals surface area contributed by atoms with Crippen LogP contribution in [0.4, 0.5) is 14.9 Å². The molecule has 0 saturated carbocycles. The van der Waals surface area contributed by atoms with E-state index in [0.717, 1.165) is 12.3 Å². The van der Waals surface area contributed by atoms with Crippen LogP contribution in [0.2, 0.25) is 0 Å². The van der Waals surface area contributed by atoms with Gasteiger partial charge >= 0.3 is 6.03 Å². The number of hydrogen-bond donors (Lipinski definition) is 3. The van der Waals surface area contributed by atoms with E-state index in [1.165, 1.54) is 0 Å². The molecule has 98 valence electrons. The van der Waals surface area contributed by atoms with Crippen molar-refractivity contribution in [2.24, 2.45) is 11.7 Å². The molecule has 0 radical (unpaired) electrons. The Hall–Kier alpha value is -2.18. The summed E-state index contributed by atoms with van der Waals surface area (Å²) in [5.41, 5.74) is 4.66. The predicted octanol–water partition coefficient (Wildman–Crippen LogP) is 1.10. The van der Waals surface area contributed by atoms with E-state index in [1.54, 1.807) is 0 Å². The molecule has 0 fully saturated rings. The summed E-state index contributed by atoms with van der Waals surface area (Å²) < 4.78 is 13.6. The third kappa shape index (κ3) is 4.00. The van der Waals surface area contributed by atoms with Gasteiger partial charge in [0.15, 0.2) is 11.5 Å². The van der Waals surface area contributed by atoms with Crippen molar-refractivity contribution in [1.82, 2.24) is 10.3 Å². The van der Waals surface area contributed by atoms with Gasteiger partial charge in [0.2, 0.25) is 0 Å². The van der Waals surface area contributed by atoms with Gasteiger partial charge < -0.3 is 16.4 Å². The number of pyridine rings is 1. The molecule has 0 unspecified atom stereocenters. The van der Waals surface area contributed by atoms with Gasteiger partial charge in [-0.3, -0.25) is 4.79 Å². The van der Waals surface area contributed by atoms with Crippen LogP contribution in [0.15, 0.2) is 12.3 Å². The van der Waals surface area contributed by atoms with Crippen molar-refractivity contribution in [3.05, 3.63) is 23.8 Å². The summed E-state index contributed by atoms with van der Waals surface area (Å²) >= 11 is 0. The lowest BCUT2D eigenvalue weighted by Gasteiger charge is -2.08. The number of nitrogens with two attached hydrogens (primary N) is 1. The molecule has 1 aromatic rings. The number of rotatable bonds is 4. The van der Waals surface area contributed by atoms with Crippen LogP contribution < -0.4 is 16.4 Å². The summed E-state index contributed by atoms with van der Waals surface area (Å²) in [6.07, 6.45) is 1.16. The average Bonchev–Trinajstić information content (AvgIpc) is 2.25. The Balaban J connectivity index is 2.78. The summed E-state index contributed by atoms with van der Waals surface area (Å²) in [7, 11) is 0. The number of anilines is 1. The molecule has 0 atom stereocenters. The number of urea groups is 1. The monoisotopic (exact) mass is 254 g/mol. The molecule has 0 aliphatic carbocycles. The van der Waals surface area contributed by atoms with Crippen molar-refractivity contribution in [3.63, 3.8) is 0 Å². The molecule has 4 N–H and O–H groups in total. The Labute approximate surface area is 104 Å². The van der Waals surface area contributed by atoms with Gasteiger partial charge in [-0.2, -0.15) is 0 Å². The first kappa shape index (κ1) is 13.9. The number of aromatic nitrogens is 1. The summed E-state index contributed by atoms with van der Waals surface area (Å²) in [5, 5.41) is 4.71. The number of carbonyl (C=O) groups is 2. The normalized spacial score (nSPS) is 10.2. The molecule has 0 aliphatic heterocycles. The van der Waals surface area contributed by atoms with Crippen LogP contribution in [0, 0.1) is 11.7 Å². The Morgan fingerprint density at radius 3 is 2.67 bits per heavy atom. The molecule has 3 amide bonds. The van der Waals surface area contributed by atoms with Gasteiger partial charge in [-0.15, -0.1) is 0 Å². The van der Waals surface area contributed by atoms with Crippen LogP contribution >= 0.6 is 0 Å². The summed E-state index contributed by atoms with van der Waals surface area (Å²) in [6, 6.07) is 0.162. The molecular formula is C11H15FN4O2. The number of nitrogens with zero attached hydrogens (tertiary/aromatic N) is 1. The highest BCUT2D eigenvalue weighted by molar-refractivity contribution is 5.93. The van der Waals surface area contributed by atoms with Crippen LogP contribution in [-0.2, 0) is 0 Å². The quantitative estimate of drug-likeness (QED) is 0.750. The van der Waals surface area contributed by atoms with Crippen LogP contribution in [0.1, 0.15) is 24.3 Å². The molecule has 0 bridgehead atoms. The maximum atomic E-state index is 13.6. The van der Waals surface area contributed by atoms with Gasteiger partial charge in [0.05, 0.1) is 11.9 Å². The third-order valence-electron chi connectivity index (χ3n) is 1.99. The van der Waals surface area contributed by atoms with E-state index >= 15 is 0 Å². The number of hydrogen-bond acceptors (Lipinski definition) is 3. The van der Waals surface area contributed by atoms with Crippen LogP contribution in [0.5, 0.6) is 0 Å². The van der Waals surface area contributed by atoms with Crippen molar-refractivity contribution in [3.8, 4) is 0 Å². The van der Waals surface area contributed by atoms with Gasteiger partial charge in [0, 0.05) is 12.6 Å². The first-order valence-electron chi connectivity index (χ1n) is 5.40. The van der Waals surface area contributed by atoms with Crippen molar-refractivity contribution in [2.75, 3.05) is 11.9 Å². The van der Waals surface area contributed by atoms with E-state index in [0.29, 0.717) is 6.54 Å². The third-order valence-corrected chi connectivity index (χ3v) is 1.99. The second kappa shape index (κ2) is 5.95. The number of nitrogens with one attached hydrogen (secondary N) is 2. The summed E-state index contributed by atoms with van der Waals surface area (Å²) in [4.78, 5) is 25.8. The van der Waals surface area contributed by atoms with E-state index in [9.17, 15) is 14.0 Å². The van der Waals surface area contributed by atoms with Crippen molar-refractivity contribution in [2.45, 2.75) is 13.8 Å². The van der Waals surface area contributed by atoms with Gasteiger partial charge in [-0.05, 0) is 5.92 Å². The van der Waals surface area contributed by atoms with Crippen molar-refractivity contribution in [1.29, 1.82) is 0 Å². The Kier molecular flexibility index (Phi) is 4.59. The van der Waals surface area contributed by atoms with Gasteiger partial charge in [0.1, 0.15) is 0 Å². The van der Waals surface area contributed by atoms with Gasteiger partial charge in [-0.25, -0.2) is 14.2 Å². The van der Waals surface area contributed by atoms with E-state index in [2.05, 4.69) is 15.6 Å². The SMILES string of the molecule is CC(C)CNC(=O)c1ncc(NC(N)=O)cc1F. The smallest absolute Gasteiger partial charge is 0.316 e. The number of primary amides is 1. The van der Waals surface area contributed by atoms with Crippen molar-refractivity contribution >= 4 is 17.6 Å². The number of amides is 3. The zero-order chi connectivity index (χ0) is 13.7. The first-order chi connectivity index (χ1) is 8.40. The molecule has 0 aromatic carbocycles. The lowest BCUT2D eigenvalue weighted by atomic mass is 10.2. The fourth-order valence-corrected chi connectivity index (χ4v) is 1.20. The molecule has 1 rings (SSSR count). The minimum Gasteiger partial charge on any atom is -0.351 e. The maximum absolute atomic E-state index is 13.6. The fraction of sp³-hybridized carbons (Fsp3) is 0.364. The lowest BCUT2D eigenvalue weighted by molar-refractivity contribution is 0.0939. The number of halogens is 1. The Morgan fingerprint density at radius 1 is 1.50 bits per heavy atom. The molecule has 0 spiro atoms. The van der Waals surface area contributed by atoms with E-state index in [4.69, 9.17) is 5.73 Å². The fourth-order valence-electron chi connectivity index (χ4n) is 1.20. The molecule has 1 aromatic heterocycles. The topological polar surface area (TPSA) is 97.1 Å². The zero-order valence-corrected chi connectivity index (χ0v) is 10.2. The molecule has 7 heteroatoms. The second-order valence-corrected chi connectivity index (χ2v) is 4.15. The minimum atomic E-state index is -0.826. The average molecular weight is 254 g/mol. The van der Waals surface area contributed by atoms with Crippen LogP contribution in [0.25, 0.3) is 0 Å². The molecular weight excluding hydrogens is 239 g/mol. The lowest BCUT2D eigenvalue weighted by Crippen LogP contribution is -2.29. The van der Waals surface area contributed by atoms with Gasteiger partial charge in [0.25, 0.3) is 5.91 Å². The van der Waals surface area contributed by atoms with Crippen molar-refractivity contribution < 1.29 is 14.0 Å². The largest absolute Gasteiger partial charge is 0.351 e. The predicted molar refractivity (Wildman–Crippen MR) is 64.6 cm³/mol. The minimum absolute atomic E-state index is 0.0976. The molecule has 0 aliphatic rings. The molecule has 6 nitrogen and oxygen atoms in total. The highest BCUT2D eigenvalue weighted by Crippen LogP contribution is 2.11. The van der Waals surface area contributed by atoms with Crippen LogP contribution in [-0.4, -0.2) is 23.5 Å². The van der Waals surface area contributed by atoms with Gasteiger partial charge in [-0.1, -0.05) is 13.8 Å². The standard InChI is InChI=1S/C11H15FN4O2/c1-6(2)4-15-10(17)9-8(12)3-7(5-14-9)16-11(13)18/h3,5-6H,4H2,1-2H3,(H,15,17)(H3,13,16,18). The first-order valence-corrected chi connectivity index (χ1v) is 5.40. The second-order valence-electron chi connectivity index (χ2n) is 4.15. The highest BCUT2D eigenvalue weighted by Gasteiger charge is 2.14. The van der Waals surface area contributed by atoms with E-state index < -0.39 is 17.8 Å². The van der Waals surface area contributed by atoms with E-state index in [-0.39, 0.29) is 17.3 Å². The van der Waals surface area contributed by atoms with E-state index in [1.807, 2.05) is 13.8 Å². The highest BCUT2D eigenvalue weighted by atomic mass is 19.1. The molecule has 1 heterocycles. The summed E-state index contributed by atoms with van der Waals surface area (Å²) in [6.45, 7) is 4.27. The number of carbonyl (C=O) groups excluding carboxylic acids is 2. The summed E-state index contributed by atoms with van der Waals surface area (Å²) in [5.74, 6) is -1.15. The maximum Gasteiger partial charge on any atom is 0.316 e. The molecule has 18 heavy (non-hydrogen) atoms.